The number of aliphatic hydroxyl groups is 2. The smallest absolute Gasteiger partial charge is 0.453 e. The molecule has 0 unspecified atom stereocenters. The highest BCUT2D eigenvalue weighted by atomic mass is 19.4. The molecule has 10 heteroatoms. The van der Waals surface area contributed by atoms with Crippen LogP contribution >= 0.6 is 0 Å². The fraction of sp³-hybridized carbons (Fsp3) is 0.538. The Labute approximate surface area is 126 Å². The summed E-state index contributed by atoms with van der Waals surface area (Å²) in [6.45, 7) is 0. The minimum Gasteiger partial charge on any atom is -0.453 e. The minimum atomic E-state index is -5.53. The first kappa shape index (κ1) is 17.7. The summed E-state index contributed by atoms with van der Waals surface area (Å²) in [5.41, 5.74) is -4.54. The van der Waals surface area contributed by atoms with Crippen LogP contribution in [0.3, 0.4) is 0 Å². The molecule has 0 radical (unpaired) electrons. The van der Waals surface area contributed by atoms with Crippen molar-refractivity contribution in [2.24, 2.45) is 0 Å². The maximum atomic E-state index is 13.2. The predicted octanol–water partition coefficient (Wildman–Crippen LogP) is 2.54. The number of alkyl halides is 6. The van der Waals surface area contributed by atoms with Gasteiger partial charge < -0.3 is 19.8 Å². The molecule has 1 aliphatic rings. The Bertz CT molecular complexity index is 615. The molecule has 2 N–H and O–H groups in total. The van der Waals surface area contributed by atoms with E-state index in [9.17, 15) is 36.6 Å². The van der Waals surface area contributed by atoms with E-state index in [1.807, 2.05) is 0 Å². The lowest BCUT2D eigenvalue weighted by molar-refractivity contribution is -0.380. The molecule has 1 aromatic carbocycles. The lowest BCUT2D eigenvalue weighted by Crippen LogP contribution is -2.61. The van der Waals surface area contributed by atoms with Crippen molar-refractivity contribution in [3.8, 4) is 5.75 Å². The molecule has 4 nitrogen and oxygen atoms in total. The summed E-state index contributed by atoms with van der Waals surface area (Å²) < 4.78 is 82.8. The van der Waals surface area contributed by atoms with Crippen molar-refractivity contribution in [1.29, 1.82) is 0 Å². The van der Waals surface area contributed by atoms with Gasteiger partial charge in [-0.25, -0.2) is 0 Å². The summed E-state index contributed by atoms with van der Waals surface area (Å²) in [5.74, 6) is -5.04. The molecule has 23 heavy (non-hydrogen) atoms. The third kappa shape index (κ3) is 2.69. The van der Waals surface area contributed by atoms with Crippen molar-refractivity contribution in [3.05, 3.63) is 23.8 Å². The summed E-state index contributed by atoms with van der Waals surface area (Å²) in [6, 6.07) is 2.91. The molecule has 0 aliphatic carbocycles. The van der Waals surface area contributed by atoms with Crippen molar-refractivity contribution in [2.75, 3.05) is 19.0 Å². The van der Waals surface area contributed by atoms with Crippen LogP contribution in [0.15, 0.2) is 18.2 Å². The first-order valence-electron chi connectivity index (χ1n) is 6.30. The van der Waals surface area contributed by atoms with Crippen molar-refractivity contribution in [2.45, 2.75) is 30.2 Å². The quantitative estimate of drug-likeness (QED) is 0.768. The summed E-state index contributed by atoms with van der Waals surface area (Å²) in [6.07, 6.45) is -13.1. The zero-order chi connectivity index (χ0) is 17.8. The number of hydrogen-bond donors (Lipinski definition) is 2. The number of halogens is 6. The maximum Gasteiger partial charge on any atom is 0.455 e. The average molecular weight is 345 g/mol. The first-order chi connectivity index (χ1) is 10.2. The second-order valence-electron chi connectivity index (χ2n) is 5.49. The molecule has 130 valence electrons. The Morgan fingerprint density at radius 1 is 1.04 bits per heavy atom. The van der Waals surface area contributed by atoms with E-state index < -0.39 is 41.5 Å². The van der Waals surface area contributed by atoms with Gasteiger partial charge in [-0.2, -0.15) is 26.3 Å². The van der Waals surface area contributed by atoms with Crippen molar-refractivity contribution in [3.63, 3.8) is 0 Å². The molecule has 0 spiro atoms. The SMILES string of the molecule is CN(C)c1ccc2c(c1)O[C@](O)(C(F)(F)F)C[C@]2(O)C(F)(F)F. The van der Waals surface area contributed by atoms with E-state index in [-0.39, 0.29) is 5.69 Å². The fourth-order valence-electron chi connectivity index (χ4n) is 2.29. The molecule has 1 heterocycles. The summed E-state index contributed by atoms with van der Waals surface area (Å²) >= 11 is 0. The summed E-state index contributed by atoms with van der Waals surface area (Å²) in [5, 5.41) is 19.5. The zero-order valence-electron chi connectivity index (χ0n) is 12.0. The standard InChI is InChI=1S/C13H13F6NO3/c1-20(2)7-3-4-8-9(5-7)23-11(22,13(17,18)19)6-10(8,21)12(14,15)16/h3-5,21-22H,6H2,1-2H3/t10-,11+/m1/s1. The largest absolute Gasteiger partial charge is 0.455 e. The van der Waals surface area contributed by atoms with Crippen LogP contribution in [0, 0.1) is 0 Å². The minimum absolute atomic E-state index is 0.236. The molecule has 0 bridgehead atoms. The van der Waals surface area contributed by atoms with Gasteiger partial charge in [0.15, 0.2) is 5.60 Å². The van der Waals surface area contributed by atoms with Crippen LogP contribution in [0.2, 0.25) is 0 Å². The van der Waals surface area contributed by atoms with Gasteiger partial charge in [0.1, 0.15) is 5.75 Å². The maximum absolute atomic E-state index is 13.2. The number of fused-ring (bicyclic) bond motifs is 1. The fourth-order valence-corrected chi connectivity index (χ4v) is 2.29. The first-order valence-corrected chi connectivity index (χ1v) is 6.30. The van der Waals surface area contributed by atoms with Crippen LogP contribution < -0.4 is 9.64 Å². The Kier molecular flexibility index (Phi) is 3.77. The molecular weight excluding hydrogens is 332 g/mol. The molecule has 2 rings (SSSR count). The molecule has 1 aliphatic heterocycles. The number of ether oxygens (including phenoxy) is 1. The van der Waals surface area contributed by atoms with Gasteiger partial charge in [0.25, 0.3) is 0 Å². The van der Waals surface area contributed by atoms with Crippen LogP contribution in [0.4, 0.5) is 32.0 Å². The Morgan fingerprint density at radius 2 is 1.61 bits per heavy atom. The van der Waals surface area contributed by atoms with Gasteiger partial charge in [0.2, 0.25) is 0 Å². The lowest BCUT2D eigenvalue weighted by atomic mass is 9.82. The monoisotopic (exact) mass is 345 g/mol. The number of anilines is 1. The second-order valence-corrected chi connectivity index (χ2v) is 5.49. The van der Waals surface area contributed by atoms with Gasteiger partial charge in [-0.05, 0) is 6.07 Å². The number of hydrogen-bond acceptors (Lipinski definition) is 4. The van der Waals surface area contributed by atoms with Crippen LogP contribution in [0.1, 0.15) is 12.0 Å². The topological polar surface area (TPSA) is 52.9 Å². The molecule has 0 amide bonds. The van der Waals surface area contributed by atoms with E-state index in [4.69, 9.17) is 0 Å². The van der Waals surface area contributed by atoms with Gasteiger partial charge in [0.05, 0.1) is 6.42 Å². The van der Waals surface area contributed by atoms with Gasteiger partial charge in [-0.1, -0.05) is 6.07 Å². The van der Waals surface area contributed by atoms with Gasteiger partial charge in [0, 0.05) is 31.4 Å². The van der Waals surface area contributed by atoms with E-state index in [0.29, 0.717) is 0 Å². The zero-order valence-corrected chi connectivity index (χ0v) is 12.0. The number of nitrogens with zero attached hydrogens (tertiary/aromatic N) is 1. The molecule has 0 saturated carbocycles. The highest BCUT2D eigenvalue weighted by Gasteiger charge is 2.70. The molecule has 0 saturated heterocycles. The Morgan fingerprint density at radius 3 is 2.04 bits per heavy atom. The molecule has 0 aromatic heterocycles. The summed E-state index contributed by atoms with van der Waals surface area (Å²) in [4.78, 5) is 1.41. The second kappa shape index (κ2) is 4.91. The molecule has 2 atom stereocenters. The predicted molar refractivity (Wildman–Crippen MR) is 67.0 cm³/mol. The molecule has 1 aromatic rings. The normalized spacial score (nSPS) is 28.1. The van der Waals surface area contributed by atoms with Crippen LogP contribution in [0.5, 0.6) is 5.75 Å². The van der Waals surface area contributed by atoms with Crippen molar-refractivity contribution < 1.29 is 41.3 Å². The van der Waals surface area contributed by atoms with E-state index in [1.165, 1.54) is 25.1 Å². The van der Waals surface area contributed by atoms with Crippen LogP contribution in [-0.2, 0) is 5.60 Å². The van der Waals surface area contributed by atoms with E-state index >= 15 is 0 Å². The van der Waals surface area contributed by atoms with Gasteiger partial charge in [-0.15, -0.1) is 0 Å². The van der Waals surface area contributed by atoms with Crippen molar-refractivity contribution in [1.82, 2.24) is 0 Å². The van der Waals surface area contributed by atoms with Crippen molar-refractivity contribution >= 4 is 5.69 Å². The van der Waals surface area contributed by atoms with E-state index in [2.05, 4.69) is 4.74 Å². The lowest BCUT2D eigenvalue weighted by Gasteiger charge is -2.44. The third-order valence-electron chi connectivity index (χ3n) is 3.61. The average Bonchev–Trinajstić information content (AvgIpc) is 2.35. The number of rotatable bonds is 1. The Hall–Kier alpha value is -1.68. The third-order valence-corrected chi connectivity index (χ3v) is 3.61. The molecule has 0 fully saturated rings. The highest BCUT2D eigenvalue weighted by Crippen LogP contribution is 2.54. The highest BCUT2D eigenvalue weighted by molar-refractivity contribution is 5.55. The van der Waals surface area contributed by atoms with Gasteiger partial charge >= 0.3 is 18.1 Å². The van der Waals surface area contributed by atoms with Crippen LogP contribution in [-0.4, -0.2) is 42.4 Å². The molecular formula is C13H13F6NO3. The number of benzene rings is 1. The van der Waals surface area contributed by atoms with Crippen LogP contribution in [0.25, 0.3) is 0 Å². The van der Waals surface area contributed by atoms with E-state index in [0.717, 1.165) is 12.1 Å². The van der Waals surface area contributed by atoms with Gasteiger partial charge in [-0.3, -0.25) is 0 Å². The summed E-state index contributed by atoms with van der Waals surface area (Å²) in [7, 11) is 3.02. The van der Waals surface area contributed by atoms with E-state index in [1.54, 1.807) is 0 Å². The Balaban J connectivity index is 2.69.